The molecule has 0 spiro atoms. The first-order valence-electron chi connectivity index (χ1n) is 11.1. The molecule has 0 saturated heterocycles. The zero-order valence-electron chi connectivity index (χ0n) is 18.4. The number of fused-ring (bicyclic) bond motifs is 1. The van der Waals surface area contributed by atoms with Gasteiger partial charge in [-0.1, -0.05) is 18.2 Å². The van der Waals surface area contributed by atoms with Crippen molar-refractivity contribution in [3.05, 3.63) is 70.4 Å². The monoisotopic (exact) mass is 441 g/mol. The topological polar surface area (TPSA) is 62.3 Å². The zero-order chi connectivity index (χ0) is 22.8. The minimum absolute atomic E-state index is 0.115. The molecule has 0 aliphatic heterocycles. The summed E-state index contributed by atoms with van der Waals surface area (Å²) < 4.78 is 30.9. The van der Waals surface area contributed by atoms with Crippen molar-refractivity contribution in [3.8, 4) is 0 Å². The van der Waals surface area contributed by atoms with Gasteiger partial charge in [0.15, 0.2) is 0 Å². The van der Waals surface area contributed by atoms with E-state index in [0.29, 0.717) is 12.3 Å². The predicted molar refractivity (Wildman–Crippen MR) is 121 cm³/mol. The van der Waals surface area contributed by atoms with Gasteiger partial charge >= 0.3 is 5.97 Å². The molecule has 3 aromatic rings. The number of rotatable bonds is 7. The third-order valence-corrected chi connectivity index (χ3v) is 6.83. The quantitative estimate of drug-likeness (QED) is 0.455. The fourth-order valence-electron chi connectivity index (χ4n) is 5.26. The van der Waals surface area contributed by atoms with Gasteiger partial charge in [0.05, 0.1) is 11.7 Å². The Morgan fingerprint density at radius 1 is 1.16 bits per heavy atom. The number of ether oxygens (including phenoxy) is 1. The van der Waals surface area contributed by atoms with Gasteiger partial charge in [-0.15, -0.1) is 0 Å². The molecule has 0 bridgehead atoms. The van der Waals surface area contributed by atoms with Gasteiger partial charge < -0.3 is 14.8 Å². The van der Waals surface area contributed by atoms with Crippen LogP contribution in [0.1, 0.15) is 57.8 Å². The molecule has 32 heavy (non-hydrogen) atoms. The van der Waals surface area contributed by atoms with E-state index in [1.165, 1.54) is 22.1 Å². The standard InChI is InChI=1S/C26H29F2NO3/c1-15-11-16(2)25-21(9-10-29-25)22(15)12-19-7-8-20(32-14-24(27)28)13-23(19)17-3-5-18(6-4-17)26(30)31/h3-6,9-11,19-20,23-24,29H,7-8,12-14H2,1-2H3,(H,30,31). The Hall–Kier alpha value is -2.73. The number of aromatic nitrogens is 1. The molecule has 3 unspecified atom stereocenters. The Morgan fingerprint density at radius 3 is 2.59 bits per heavy atom. The first-order valence-corrected chi connectivity index (χ1v) is 11.1. The van der Waals surface area contributed by atoms with Crippen LogP contribution in [0.3, 0.4) is 0 Å². The van der Waals surface area contributed by atoms with Crippen molar-refractivity contribution in [2.24, 2.45) is 5.92 Å². The number of halogens is 2. The summed E-state index contributed by atoms with van der Waals surface area (Å²) in [6.07, 6.45) is 2.45. The Labute approximate surface area is 186 Å². The summed E-state index contributed by atoms with van der Waals surface area (Å²) in [4.78, 5) is 14.6. The van der Waals surface area contributed by atoms with Crippen LogP contribution in [0, 0.1) is 19.8 Å². The number of benzene rings is 2. The highest BCUT2D eigenvalue weighted by atomic mass is 19.3. The van der Waals surface area contributed by atoms with Crippen molar-refractivity contribution in [2.45, 2.75) is 58.0 Å². The molecule has 4 nitrogen and oxygen atoms in total. The van der Waals surface area contributed by atoms with E-state index in [9.17, 15) is 18.7 Å². The van der Waals surface area contributed by atoms with Gasteiger partial charge in [0.25, 0.3) is 6.43 Å². The number of carbonyl (C=O) groups is 1. The second kappa shape index (κ2) is 9.41. The smallest absolute Gasteiger partial charge is 0.335 e. The fraction of sp³-hybridized carbons (Fsp3) is 0.423. The highest BCUT2D eigenvalue weighted by Crippen LogP contribution is 2.42. The molecule has 1 aromatic heterocycles. The van der Waals surface area contributed by atoms with E-state index in [2.05, 4.69) is 31.0 Å². The Bertz CT molecular complexity index is 1090. The maximum absolute atomic E-state index is 12.7. The first-order chi connectivity index (χ1) is 15.3. The van der Waals surface area contributed by atoms with Gasteiger partial charge in [0.2, 0.25) is 0 Å². The van der Waals surface area contributed by atoms with Gasteiger partial charge in [-0.2, -0.15) is 0 Å². The Morgan fingerprint density at radius 2 is 1.91 bits per heavy atom. The van der Waals surface area contributed by atoms with Crippen LogP contribution in [0.4, 0.5) is 8.78 Å². The van der Waals surface area contributed by atoms with Crippen molar-refractivity contribution in [2.75, 3.05) is 6.61 Å². The first kappa shape index (κ1) is 22.5. The molecule has 0 radical (unpaired) electrons. The number of aromatic carboxylic acids is 1. The number of hydrogen-bond acceptors (Lipinski definition) is 2. The van der Waals surface area contributed by atoms with Gasteiger partial charge in [-0.3, -0.25) is 0 Å². The second-order valence-electron chi connectivity index (χ2n) is 8.91. The maximum Gasteiger partial charge on any atom is 0.335 e. The number of aryl methyl sites for hydroxylation is 2. The predicted octanol–water partition coefficient (Wildman–Crippen LogP) is 6.26. The van der Waals surface area contributed by atoms with Gasteiger partial charge in [0.1, 0.15) is 6.61 Å². The largest absolute Gasteiger partial charge is 0.478 e. The summed E-state index contributed by atoms with van der Waals surface area (Å²) in [7, 11) is 0. The molecule has 1 fully saturated rings. The summed E-state index contributed by atoms with van der Waals surface area (Å²) in [5, 5.41) is 10.5. The van der Waals surface area contributed by atoms with E-state index in [0.717, 1.165) is 30.3 Å². The summed E-state index contributed by atoms with van der Waals surface area (Å²) in [6.45, 7) is 3.71. The van der Waals surface area contributed by atoms with Gasteiger partial charge in [-0.05, 0) is 91.8 Å². The van der Waals surface area contributed by atoms with E-state index in [4.69, 9.17) is 4.74 Å². The lowest BCUT2D eigenvalue weighted by Crippen LogP contribution is -2.31. The van der Waals surface area contributed by atoms with Crippen LogP contribution >= 0.6 is 0 Å². The number of alkyl halides is 2. The lowest BCUT2D eigenvalue weighted by molar-refractivity contribution is -0.0456. The van der Waals surface area contributed by atoms with Crippen LogP contribution in [0.2, 0.25) is 0 Å². The number of carboxylic acid groups (broad SMARTS) is 1. The van der Waals surface area contributed by atoms with Crippen molar-refractivity contribution < 1.29 is 23.4 Å². The molecule has 2 N–H and O–H groups in total. The number of carboxylic acids is 1. The molecule has 1 saturated carbocycles. The zero-order valence-corrected chi connectivity index (χ0v) is 18.4. The van der Waals surface area contributed by atoms with E-state index < -0.39 is 19.0 Å². The number of nitrogens with one attached hydrogen (secondary N) is 1. The van der Waals surface area contributed by atoms with E-state index >= 15 is 0 Å². The van der Waals surface area contributed by atoms with E-state index in [-0.39, 0.29) is 17.6 Å². The normalized spacial score (nSPS) is 21.3. The molecule has 3 atom stereocenters. The number of hydrogen-bond donors (Lipinski definition) is 2. The molecule has 1 aliphatic carbocycles. The summed E-state index contributed by atoms with van der Waals surface area (Å²) in [6, 6.07) is 11.3. The average Bonchev–Trinajstić information content (AvgIpc) is 3.26. The van der Waals surface area contributed by atoms with Crippen LogP contribution < -0.4 is 0 Å². The van der Waals surface area contributed by atoms with E-state index in [1.807, 2.05) is 18.3 Å². The molecule has 6 heteroatoms. The van der Waals surface area contributed by atoms with Crippen LogP contribution in [0.5, 0.6) is 0 Å². The van der Waals surface area contributed by atoms with Crippen molar-refractivity contribution >= 4 is 16.9 Å². The molecular formula is C26H29F2NO3. The molecule has 170 valence electrons. The van der Waals surface area contributed by atoms with Gasteiger partial charge in [0, 0.05) is 17.1 Å². The molecule has 1 aliphatic rings. The van der Waals surface area contributed by atoms with Crippen LogP contribution in [0.15, 0.2) is 42.6 Å². The summed E-state index contributed by atoms with van der Waals surface area (Å²) in [5.41, 5.74) is 6.23. The average molecular weight is 442 g/mol. The molecule has 1 heterocycles. The lowest BCUT2D eigenvalue weighted by atomic mass is 9.71. The van der Waals surface area contributed by atoms with Gasteiger partial charge in [-0.25, -0.2) is 13.6 Å². The highest BCUT2D eigenvalue weighted by molar-refractivity contribution is 5.88. The molecular weight excluding hydrogens is 412 g/mol. The Kier molecular flexibility index (Phi) is 6.60. The lowest BCUT2D eigenvalue weighted by Gasteiger charge is -2.37. The van der Waals surface area contributed by atoms with Crippen molar-refractivity contribution in [1.82, 2.24) is 4.98 Å². The summed E-state index contributed by atoms with van der Waals surface area (Å²) in [5.74, 6) is -0.527. The van der Waals surface area contributed by atoms with Crippen LogP contribution in [-0.4, -0.2) is 35.2 Å². The van der Waals surface area contributed by atoms with Crippen molar-refractivity contribution in [3.63, 3.8) is 0 Å². The third kappa shape index (κ3) is 4.70. The number of aromatic amines is 1. The molecule has 4 rings (SSSR count). The maximum atomic E-state index is 12.7. The minimum atomic E-state index is -2.47. The second-order valence-corrected chi connectivity index (χ2v) is 8.91. The molecule has 0 amide bonds. The Balaban J connectivity index is 1.63. The summed E-state index contributed by atoms with van der Waals surface area (Å²) >= 11 is 0. The van der Waals surface area contributed by atoms with E-state index in [1.54, 1.807) is 12.1 Å². The minimum Gasteiger partial charge on any atom is -0.478 e. The van der Waals surface area contributed by atoms with Crippen molar-refractivity contribution in [1.29, 1.82) is 0 Å². The fourth-order valence-corrected chi connectivity index (χ4v) is 5.26. The highest BCUT2D eigenvalue weighted by Gasteiger charge is 2.33. The third-order valence-electron chi connectivity index (χ3n) is 6.83. The van der Waals surface area contributed by atoms with Crippen LogP contribution in [0.25, 0.3) is 10.9 Å². The molecule has 2 aromatic carbocycles. The number of H-pyrrole nitrogens is 1. The van der Waals surface area contributed by atoms with Crippen LogP contribution in [-0.2, 0) is 11.2 Å². The SMILES string of the molecule is Cc1cc(C)c2[nH]ccc2c1CC1CCC(OCC(F)F)CC1c1ccc(C(=O)O)cc1.